The summed E-state index contributed by atoms with van der Waals surface area (Å²) in [6.45, 7) is 9.45. The van der Waals surface area contributed by atoms with Crippen LogP contribution in [0.1, 0.15) is 46.5 Å². The molecular formula is C23H36N4O4S. The fraction of sp³-hybridized carbons (Fsp3) is 0.652. The third kappa shape index (κ3) is 5.50. The summed E-state index contributed by atoms with van der Waals surface area (Å²) in [4.78, 5) is 29.4. The Morgan fingerprint density at radius 3 is 2.47 bits per heavy atom. The van der Waals surface area contributed by atoms with Crippen molar-refractivity contribution in [1.29, 1.82) is 0 Å². The molecule has 0 saturated carbocycles. The van der Waals surface area contributed by atoms with Crippen LogP contribution in [-0.2, 0) is 19.6 Å². The quantitative estimate of drug-likeness (QED) is 0.604. The molecule has 0 spiro atoms. The molecule has 0 radical (unpaired) electrons. The molecule has 2 fully saturated rings. The maximum atomic E-state index is 12.7. The summed E-state index contributed by atoms with van der Waals surface area (Å²) in [7, 11) is -3.54. The molecule has 9 heteroatoms. The fourth-order valence-electron chi connectivity index (χ4n) is 4.60. The molecule has 178 valence electrons. The molecule has 2 saturated heterocycles. The maximum absolute atomic E-state index is 12.7. The van der Waals surface area contributed by atoms with E-state index < -0.39 is 10.0 Å². The van der Waals surface area contributed by atoms with E-state index in [1.807, 2.05) is 0 Å². The standard InChI is InChI=1S/C23H36N4O4S/c1-4-26(5-2)32(30,31)21-11-9-20(10-12-21)27-17-19(16-22(27)28)23(29)24-13-15-25-14-7-6-8-18(25)3/h9-12,18-19H,4-8,13-17H2,1-3H3,(H,24,29)/t18-,19+/m1/s1. The highest BCUT2D eigenvalue weighted by Crippen LogP contribution is 2.27. The molecule has 1 aromatic carbocycles. The van der Waals surface area contributed by atoms with Crippen LogP contribution in [0, 0.1) is 5.92 Å². The van der Waals surface area contributed by atoms with Crippen LogP contribution in [0.25, 0.3) is 0 Å². The highest BCUT2D eigenvalue weighted by Gasteiger charge is 2.35. The number of carbonyl (C=O) groups excluding carboxylic acids is 2. The highest BCUT2D eigenvalue weighted by molar-refractivity contribution is 7.89. The smallest absolute Gasteiger partial charge is 0.243 e. The van der Waals surface area contributed by atoms with Crippen molar-refractivity contribution in [3.05, 3.63) is 24.3 Å². The van der Waals surface area contributed by atoms with E-state index in [0.717, 1.165) is 13.1 Å². The Balaban J connectivity index is 1.56. The largest absolute Gasteiger partial charge is 0.355 e. The summed E-state index contributed by atoms with van der Waals surface area (Å²) in [6.07, 6.45) is 3.85. The fourth-order valence-corrected chi connectivity index (χ4v) is 6.06. The van der Waals surface area contributed by atoms with Gasteiger partial charge in [0.1, 0.15) is 0 Å². The first-order valence-corrected chi connectivity index (χ1v) is 13.1. The van der Waals surface area contributed by atoms with Gasteiger partial charge in [0.2, 0.25) is 21.8 Å². The number of hydrogen-bond acceptors (Lipinski definition) is 5. The summed E-state index contributed by atoms with van der Waals surface area (Å²) in [5.74, 6) is -0.597. The number of nitrogens with one attached hydrogen (secondary N) is 1. The molecule has 0 bridgehead atoms. The molecule has 1 aromatic rings. The lowest BCUT2D eigenvalue weighted by atomic mass is 10.0. The van der Waals surface area contributed by atoms with E-state index in [0.29, 0.717) is 37.9 Å². The Morgan fingerprint density at radius 2 is 1.84 bits per heavy atom. The number of hydrogen-bond donors (Lipinski definition) is 1. The zero-order valence-corrected chi connectivity index (χ0v) is 20.2. The van der Waals surface area contributed by atoms with Crippen LogP contribution < -0.4 is 10.2 Å². The summed E-state index contributed by atoms with van der Waals surface area (Å²) in [5, 5.41) is 3.00. The maximum Gasteiger partial charge on any atom is 0.243 e. The first-order valence-electron chi connectivity index (χ1n) is 11.7. The number of rotatable bonds is 9. The number of amides is 2. The lowest BCUT2D eigenvalue weighted by Crippen LogP contribution is -2.43. The van der Waals surface area contributed by atoms with Gasteiger partial charge in [0.15, 0.2) is 0 Å². The van der Waals surface area contributed by atoms with Crippen molar-refractivity contribution in [3.63, 3.8) is 0 Å². The minimum atomic E-state index is -3.54. The van der Waals surface area contributed by atoms with Gasteiger partial charge in [0, 0.05) is 50.9 Å². The van der Waals surface area contributed by atoms with Crippen molar-refractivity contribution in [2.24, 2.45) is 5.92 Å². The average molecular weight is 465 g/mol. The van der Waals surface area contributed by atoms with Crippen LogP contribution >= 0.6 is 0 Å². The lowest BCUT2D eigenvalue weighted by Gasteiger charge is -2.33. The molecule has 1 N–H and O–H groups in total. The molecule has 0 aromatic heterocycles. The molecule has 3 rings (SSSR count). The van der Waals surface area contributed by atoms with Gasteiger partial charge in [0.25, 0.3) is 0 Å². The zero-order valence-electron chi connectivity index (χ0n) is 19.4. The van der Waals surface area contributed by atoms with Gasteiger partial charge in [-0.2, -0.15) is 4.31 Å². The second kappa shape index (κ2) is 10.8. The van der Waals surface area contributed by atoms with E-state index in [1.165, 1.54) is 35.7 Å². The second-order valence-electron chi connectivity index (χ2n) is 8.66. The first-order chi connectivity index (χ1) is 15.3. The second-order valence-corrected chi connectivity index (χ2v) is 10.6. The normalized spacial score (nSPS) is 22.5. The van der Waals surface area contributed by atoms with Crippen LogP contribution in [0.4, 0.5) is 5.69 Å². The predicted molar refractivity (Wildman–Crippen MR) is 125 cm³/mol. The average Bonchev–Trinajstić information content (AvgIpc) is 3.17. The van der Waals surface area contributed by atoms with Crippen LogP contribution in [-0.4, -0.2) is 74.7 Å². The molecule has 2 amide bonds. The van der Waals surface area contributed by atoms with E-state index in [1.54, 1.807) is 30.9 Å². The topological polar surface area (TPSA) is 90.0 Å². The predicted octanol–water partition coefficient (Wildman–Crippen LogP) is 2.06. The van der Waals surface area contributed by atoms with Gasteiger partial charge >= 0.3 is 0 Å². The van der Waals surface area contributed by atoms with Crippen LogP contribution in [0.2, 0.25) is 0 Å². The minimum absolute atomic E-state index is 0.0914. The van der Waals surface area contributed by atoms with Gasteiger partial charge in [-0.1, -0.05) is 20.3 Å². The Bertz CT molecular complexity index is 899. The van der Waals surface area contributed by atoms with Crippen molar-refractivity contribution < 1.29 is 18.0 Å². The summed E-state index contributed by atoms with van der Waals surface area (Å²) >= 11 is 0. The molecular weight excluding hydrogens is 428 g/mol. The van der Waals surface area contributed by atoms with Crippen molar-refractivity contribution in [1.82, 2.24) is 14.5 Å². The summed E-state index contributed by atoms with van der Waals surface area (Å²) < 4.78 is 26.7. The zero-order chi connectivity index (χ0) is 23.3. The Hall–Kier alpha value is -1.97. The number of sulfonamides is 1. The van der Waals surface area contributed by atoms with Gasteiger partial charge in [-0.05, 0) is 50.6 Å². The first kappa shape index (κ1) is 24.7. The third-order valence-electron chi connectivity index (χ3n) is 6.63. The van der Waals surface area contributed by atoms with Gasteiger partial charge < -0.3 is 10.2 Å². The minimum Gasteiger partial charge on any atom is -0.355 e. The van der Waals surface area contributed by atoms with E-state index in [2.05, 4.69) is 17.1 Å². The number of likely N-dealkylation sites (tertiary alicyclic amines) is 1. The van der Waals surface area contributed by atoms with Crippen molar-refractivity contribution in [2.45, 2.75) is 57.4 Å². The van der Waals surface area contributed by atoms with E-state index in [4.69, 9.17) is 0 Å². The highest BCUT2D eigenvalue weighted by atomic mass is 32.2. The van der Waals surface area contributed by atoms with Gasteiger partial charge in [-0.3, -0.25) is 14.5 Å². The molecule has 2 atom stereocenters. The third-order valence-corrected chi connectivity index (χ3v) is 8.69. The van der Waals surface area contributed by atoms with Crippen LogP contribution in [0.15, 0.2) is 29.2 Å². The number of benzene rings is 1. The van der Waals surface area contributed by atoms with Crippen molar-refractivity contribution in [2.75, 3.05) is 44.2 Å². The van der Waals surface area contributed by atoms with Crippen LogP contribution in [0.5, 0.6) is 0 Å². The van der Waals surface area contributed by atoms with Crippen molar-refractivity contribution >= 4 is 27.5 Å². The molecule has 32 heavy (non-hydrogen) atoms. The summed E-state index contributed by atoms with van der Waals surface area (Å²) in [5.41, 5.74) is 0.617. The number of carbonyl (C=O) groups is 2. The molecule has 2 aliphatic rings. The van der Waals surface area contributed by atoms with E-state index >= 15 is 0 Å². The Labute approximate surface area is 192 Å². The number of nitrogens with zero attached hydrogens (tertiary/aromatic N) is 3. The molecule has 0 unspecified atom stereocenters. The van der Waals surface area contributed by atoms with Gasteiger partial charge in [-0.25, -0.2) is 8.42 Å². The number of piperidine rings is 1. The number of anilines is 1. The molecule has 2 aliphatic heterocycles. The SMILES string of the molecule is CCN(CC)S(=O)(=O)c1ccc(N2C[C@@H](C(=O)NCCN3CCCC[C@H]3C)CC2=O)cc1. The summed E-state index contributed by atoms with van der Waals surface area (Å²) in [6, 6.07) is 6.91. The van der Waals surface area contributed by atoms with Crippen LogP contribution in [0.3, 0.4) is 0 Å². The monoisotopic (exact) mass is 464 g/mol. The van der Waals surface area contributed by atoms with Gasteiger partial charge in [0.05, 0.1) is 10.8 Å². The van der Waals surface area contributed by atoms with Gasteiger partial charge in [-0.15, -0.1) is 0 Å². The van der Waals surface area contributed by atoms with E-state index in [-0.39, 0.29) is 29.0 Å². The van der Waals surface area contributed by atoms with E-state index in [9.17, 15) is 18.0 Å². The molecule has 0 aliphatic carbocycles. The Morgan fingerprint density at radius 1 is 1.16 bits per heavy atom. The van der Waals surface area contributed by atoms with Crippen molar-refractivity contribution in [3.8, 4) is 0 Å². The molecule has 2 heterocycles. The lowest BCUT2D eigenvalue weighted by molar-refractivity contribution is -0.126. The molecule has 8 nitrogen and oxygen atoms in total. The Kier molecular flexibility index (Phi) is 8.30.